The van der Waals surface area contributed by atoms with Crippen molar-refractivity contribution in [3.63, 3.8) is 0 Å². The van der Waals surface area contributed by atoms with Gasteiger partial charge in [0.15, 0.2) is 0 Å². The first kappa shape index (κ1) is 15.3. The van der Waals surface area contributed by atoms with Gasteiger partial charge in [0.2, 0.25) is 0 Å². The highest BCUT2D eigenvalue weighted by atomic mass is 16.5. The van der Waals surface area contributed by atoms with Crippen LogP contribution in [0.2, 0.25) is 0 Å². The van der Waals surface area contributed by atoms with E-state index in [9.17, 15) is 5.11 Å². The maximum Gasteiger partial charge on any atom is 0.137 e. The first-order valence-electron chi connectivity index (χ1n) is 6.83. The molecule has 1 aromatic heterocycles. The van der Waals surface area contributed by atoms with E-state index in [1.165, 1.54) is 0 Å². The second-order valence-electron chi connectivity index (χ2n) is 4.72. The van der Waals surface area contributed by atoms with E-state index in [1.54, 1.807) is 6.20 Å². The van der Waals surface area contributed by atoms with Crippen LogP contribution in [0.15, 0.2) is 42.6 Å². The number of para-hydroxylation sites is 1. The summed E-state index contributed by atoms with van der Waals surface area (Å²) in [6.07, 6.45) is 0.907. The van der Waals surface area contributed by atoms with Crippen LogP contribution in [-0.4, -0.2) is 29.4 Å². The third-order valence-electron chi connectivity index (χ3n) is 2.95. The highest BCUT2D eigenvalue weighted by Gasteiger charge is 2.08. The maximum atomic E-state index is 9.89. The average molecular weight is 288 g/mol. The summed E-state index contributed by atoms with van der Waals surface area (Å²) in [5.41, 5.74) is 7.46. The number of nitrogens with zero attached hydrogens (tertiary/aromatic N) is 1. The Hall–Kier alpha value is -2.11. The topological polar surface area (TPSA) is 77.6 Å². The Bertz CT molecular complexity index is 558. The number of aliphatic hydroxyl groups is 1. The normalized spacial score (nSPS) is 12.0. The number of benzene rings is 1. The summed E-state index contributed by atoms with van der Waals surface area (Å²) in [6, 6.07) is 11.2. The summed E-state index contributed by atoms with van der Waals surface area (Å²) in [4.78, 5) is 4.12. The minimum Gasteiger partial charge on any atom is -0.490 e. The van der Waals surface area contributed by atoms with Crippen LogP contribution in [0.25, 0.3) is 0 Å². The lowest BCUT2D eigenvalue weighted by Gasteiger charge is -2.15. The number of pyridine rings is 1. The number of aromatic nitrogens is 1. The van der Waals surface area contributed by atoms with Crippen molar-refractivity contribution in [3.05, 3.63) is 53.9 Å². The molecular formula is C16H20N2O3. The molecule has 0 amide bonds. The molecule has 0 radical (unpaired) electrons. The number of aryl methyl sites for hydroxylation is 1. The Labute approximate surface area is 124 Å². The molecule has 0 spiro atoms. The van der Waals surface area contributed by atoms with Crippen molar-refractivity contribution in [3.8, 4) is 11.5 Å². The number of nitrogens with two attached hydrogens (primary N) is 1. The fourth-order valence-electron chi connectivity index (χ4n) is 1.78. The molecule has 0 aliphatic heterocycles. The van der Waals surface area contributed by atoms with E-state index in [4.69, 9.17) is 15.2 Å². The number of hydrogen-bond donors (Lipinski definition) is 2. The van der Waals surface area contributed by atoms with Gasteiger partial charge in [0.1, 0.15) is 30.8 Å². The van der Waals surface area contributed by atoms with Crippen LogP contribution in [-0.2, 0) is 6.54 Å². The van der Waals surface area contributed by atoms with Gasteiger partial charge in [-0.1, -0.05) is 18.2 Å². The standard InChI is InChI=1S/C16H20N2O3/c1-12-6-7-15(9-18-12)20-10-14(19)11-21-16-5-3-2-4-13(16)8-17/h2-7,9,14,19H,8,10-11,17H2,1H3. The van der Waals surface area contributed by atoms with Crippen LogP contribution in [0, 0.1) is 6.92 Å². The summed E-state index contributed by atoms with van der Waals surface area (Å²) in [7, 11) is 0. The molecule has 0 bridgehead atoms. The van der Waals surface area contributed by atoms with Gasteiger partial charge in [0, 0.05) is 17.8 Å². The van der Waals surface area contributed by atoms with E-state index in [0.717, 1.165) is 11.3 Å². The molecule has 0 aliphatic carbocycles. The smallest absolute Gasteiger partial charge is 0.137 e. The van der Waals surface area contributed by atoms with E-state index in [1.807, 2.05) is 43.3 Å². The first-order chi connectivity index (χ1) is 10.2. The van der Waals surface area contributed by atoms with Crippen LogP contribution in [0.3, 0.4) is 0 Å². The summed E-state index contributed by atoms with van der Waals surface area (Å²) >= 11 is 0. The van der Waals surface area contributed by atoms with Crippen molar-refractivity contribution < 1.29 is 14.6 Å². The number of ether oxygens (including phenoxy) is 2. The molecule has 3 N–H and O–H groups in total. The van der Waals surface area contributed by atoms with E-state index >= 15 is 0 Å². The van der Waals surface area contributed by atoms with E-state index in [0.29, 0.717) is 18.0 Å². The molecule has 5 heteroatoms. The molecular weight excluding hydrogens is 268 g/mol. The van der Waals surface area contributed by atoms with Crippen molar-refractivity contribution in [2.45, 2.75) is 19.6 Å². The quantitative estimate of drug-likeness (QED) is 0.810. The second-order valence-corrected chi connectivity index (χ2v) is 4.72. The Morgan fingerprint density at radius 1 is 1.14 bits per heavy atom. The summed E-state index contributed by atoms with van der Waals surface area (Å²) in [5, 5.41) is 9.89. The van der Waals surface area contributed by atoms with Crippen molar-refractivity contribution in [1.29, 1.82) is 0 Å². The Morgan fingerprint density at radius 3 is 2.62 bits per heavy atom. The predicted molar refractivity (Wildman–Crippen MR) is 80.3 cm³/mol. The van der Waals surface area contributed by atoms with Gasteiger partial charge in [-0.2, -0.15) is 0 Å². The van der Waals surface area contributed by atoms with Crippen molar-refractivity contribution in [2.75, 3.05) is 13.2 Å². The Morgan fingerprint density at radius 2 is 1.90 bits per heavy atom. The molecule has 2 aromatic rings. The van der Waals surface area contributed by atoms with Gasteiger partial charge in [-0.3, -0.25) is 4.98 Å². The van der Waals surface area contributed by atoms with Gasteiger partial charge < -0.3 is 20.3 Å². The largest absolute Gasteiger partial charge is 0.490 e. The monoisotopic (exact) mass is 288 g/mol. The molecule has 0 saturated carbocycles. The van der Waals surface area contributed by atoms with Crippen molar-refractivity contribution in [1.82, 2.24) is 4.98 Å². The molecule has 2 rings (SSSR count). The van der Waals surface area contributed by atoms with Crippen molar-refractivity contribution in [2.24, 2.45) is 5.73 Å². The summed E-state index contributed by atoms with van der Waals surface area (Å²) < 4.78 is 11.0. The fraction of sp³-hybridized carbons (Fsp3) is 0.312. The lowest BCUT2D eigenvalue weighted by molar-refractivity contribution is 0.0622. The highest BCUT2D eigenvalue weighted by Crippen LogP contribution is 2.17. The zero-order valence-corrected chi connectivity index (χ0v) is 12.0. The van der Waals surface area contributed by atoms with Gasteiger partial charge >= 0.3 is 0 Å². The van der Waals surface area contributed by atoms with Crippen LogP contribution >= 0.6 is 0 Å². The minimum atomic E-state index is -0.725. The van der Waals surface area contributed by atoms with Gasteiger partial charge in [-0.05, 0) is 25.1 Å². The Kier molecular flexibility index (Phi) is 5.54. The molecule has 1 unspecified atom stereocenters. The van der Waals surface area contributed by atoms with Gasteiger partial charge in [-0.15, -0.1) is 0 Å². The summed E-state index contributed by atoms with van der Waals surface area (Å²) in [6.45, 7) is 2.60. The van der Waals surface area contributed by atoms with E-state index in [-0.39, 0.29) is 13.2 Å². The zero-order chi connectivity index (χ0) is 15.1. The molecule has 0 aliphatic rings. The predicted octanol–water partition coefficient (Wildman–Crippen LogP) is 1.67. The molecule has 1 aromatic carbocycles. The number of aliphatic hydroxyl groups excluding tert-OH is 1. The average Bonchev–Trinajstić information content (AvgIpc) is 2.52. The van der Waals surface area contributed by atoms with Crippen LogP contribution < -0.4 is 15.2 Å². The lowest BCUT2D eigenvalue weighted by Crippen LogP contribution is -2.25. The Balaban J connectivity index is 1.79. The SMILES string of the molecule is Cc1ccc(OCC(O)COc2ccccc2CN)cn1. The molecule has 112 valence electrons. The van der Waals surface area contributed by atoms with E-state index < -0.39 is 6.10 Å². The third kappa shape index (κ3) is 4.73. The van der Waals surface area contributed by atoms with Crippen LogP contribution in [0.5, 0.6) is 11.5 Å². The third-order valence-corrected chi connectivity index (χ3v) is 2.95. The minimum absolute atomic E-state index is 0.148. The second kappa shape index (κ2) is 7.61. The molecule has 0 saturated heterocycles. The molecule has 5 nitrogen and oxygen atoms in total. The van der Waals surface area contributed by atoms with Crippen LogP contribution in [0.1, 0.15) is 11.3 Å². The van der Waals surface area contributed by atoms with Gasteiger partial charge in [0.25, 0.3) is 0 Å². The van der Waals surface area contributed by atoms with Gasteiger partial charge in [0.05, 0.1) is 6.20 Å². The first-order valence-corrected chi connectivity index (χ1v) is 6.83. The maximum absolute atomic E-state index is 9.89. The van der Waals surface area contributed by atoms with Crippen molar-refractivity contribution >= 4 is 0 Å². The molecule has 1 heterocycles. The number of hydrogen-bond acceptors (Lipinski definition) is 5. The zero-order valence-electron chi connectivity index (χ0n) is 12.0. The molecule has 1 atom stereocenters. The van der Waals surface area contributed by atoms with Crippen LogP contribution in [0.4, 0.5) is 0 Å². The molecule has 21 heavy (non-hydrogen) atoms. The van der Waals surface area contributed by atoms with E-state index in [2.05, 4.69) is 4.98 Å². The molecule has 0 fully saturated rings. The fourth-order valence-corrected chi connectivity index (χ4v) is 1.78. The number of rotatable bonds is 7. The lowest BCUT2D eigenvalue weighted by atomic mass is 10.2. The highest BCUT2D eigenvalue weighted by molar-refractivity contribution is 5.33. The van der Waals surface area contributed by atoms with Gasteiger partial charge in [-0.25, -0.2) is 0 Å². The summed E-state index contributed by atoms with van der Waals surface area (Å²) in [5.74, 6) is 1.32.